The van der Waals surface area contributed by atoms with E-state index >= 15 is 0 Å². The minimum absolute atomic E-state index is 0.253. The second-order valence-electron chi connectivity index (χ2n) is 9.35. The monoisotopic (exact) mass is 453 g/mol. The van der Waals surface area contributed by atoms with Crippen LogP contribution in [-0.4, -0.2) is 9.97 Å². The maximum atomic E-state index is 9.64. The maximum absolute atomic E-state index is 9.64. The highest BCUT2D eigenvalue weighted by atomic mass is 16.5. The number of nitrogens with zero attached hydrogens (tertiary/aromatic N) is 3. The van der Waals surface area contributed by atoms with E-state index in [0.29, 0.717) is 5.82 Å². The normalized spacial score (nSPS) is 13.4. The number of aromatic nitrogens is 2. The van der Waals surface area contributed by atoms with Gasteiger partial charge < -0.3 is 4.74 Å². The smallest absolute Gasteiger partial charge is 0.160 e. The Morgan fingerprint density at radius 3 is 2.37 bits per heavy atom. The highest BCUT2D eigenvalue weighted by Crippen LogP contribution is 2.50. The summed E-state index contributed by atoms with van der Waals surface area (Å²) in [6.45, 7) is 4.42. The fraction of sp³-hybridized carbons (Fsp3) is 0.129. The molecule has 0 amide bonds. The van der Waals surface area contributed by atoms with Gasteiger partial charge in [0.2, 0.25) is 0 Å². The molecule has 0 spiro atoms. The van der Waals surface area contributed by atoms with Gasteiger partial charge in [-0.2, -0.15) is 5.26 Å². The van der Waals surface area contributed by atoms with Crippen LogP contribution in [0.15, 0.2) is 91.0 Å². The van der Waals surface area contributed by atoms with E-state index < -0.39 is 0 Å². The highest BCUT2D eigenvalue weighted by molar-refractivity contribution is 5.94. The average Bonchev–Trinajstić information content (AvgIpc) is 2.89. The molecule has 0 unspecified atom stereocenters. The number of benzene rings is 4. The van der Waals surface area contributed by atoms with Crippen molar-refractivity contribution in [3.05, 3.63) is 108 Å². The number of rotatable bonds is 3. The number of nitriles is 1. The van der Waals surface area contributed by atoms with E-state index in [1.807, 2.05) is 66.7 Å². The molecule has 4 aromatic carbocycles. The fourth-order valence-corrected chi connectivity index (χ4v) is 4.97. The summed E-state index contributed by atoms with van der Waals surface area (Å²) in [6.07, 6.45) is 0.253. The van der Waals surface area contributed by atoms with Gasteiger partial charge in [0.25, 0.3) is 0 Å². The molecule has 4 heteroatoms. The summed E-state index contributed by atoms with van der Waals surface area (Å²) in [5.41, 5.74) is 6.42. The van der Waals surface area contributed by atoms with Crippen LogP contribution in [0.25, 0.3) is 33.5 Å². The van der Waals surface area contributed by atoms with Crippen molar-refractivity contribution >= 4 is 10.9 Å². The van der Waals surface area contributed by atoms with Gasteiger partial charge in [-0.25, -0.2) is 9.97 Å². The second kappa shape index (κ2) is 8.07. The van der Waals surface area contributed by atoms with Crippen LogP contribution in [0.1, 0.15) is 30.5 Å². The number of para-hydroxylation sites is 2. The first-order valence-corrected chi connectivity index (χ1v) is 11.7. The summed E-state index contributed by atoms with van der Waals surface area (Å²) >= 11 is 0. The second-order valence-corrected chi connectivity index (χ2v) is 9.35. The molecule has 0 radical (unpaired) electrons. The molecule has 0 N–H and O–H groups in total. The topological polar surface area (TPSA) is 58.8 Å². The van der Waals surface area contributed by atoms with Gasteiger partial charge in [0.05, 0.1) is 23.7 Å². The Hall–Kier alpha value is -4.49. The molecule has 0 saturated carbocycles. The standard InChI is InChI=1S/C31H23N3O/c1-31(2)24-13-7-9-15-27(24)35-29-21(16-17-32)18-22(19-25(29)31)28-23-12-6-8-14-26(23)33-30(34-28)20-10-4-3-5-11-20/h3-15,18-19H,16H2,1-2H3. The molecule has 0 saturated heterocycles. The summed E-state index contributed by atoms with van der Waals surface area (Å²) < 4.78 is 6.38. The molecule has 0 aliphatic carbocycles. The summed E-state index contributed by atoms with van der Waals surface area (Å²) in [5, 5.41) is 10.6. The van der Waals surface area contributed by atoms with Gasteiger partial charge in [0, 0.05) is 38.6 Å². The summed E-state index contributed by atoms with van der Waals surface area (Å²) in [4.78, 5) is 9.90. The predicted molar refractivity (Wildman–Crippen MR) is 138 cm³/mol. The van der Waals surface area contributed by atoms with Crippen molar-refractivity contribution in [2.75, 3.05) is 0 Å². The van der Waals surface area contributed by atoms with Crippen LogP contribution in [0.4, 0.5) is 0 Å². The van der Waals surface area contributed by atoms with E-state index in [0.717, 1.165) is 55.9 Å². The first-order chi connectivity index (χ1) is 17.1. The Morgan fingerprint density at radius 2 is 1.54 bits per heavy atom. The van der Waals surface area contributed by atoms with Crippen molar-refractivity contribution in [1.29, 1.82) is 5.26 Å². The van der Waals surface area contributed by atoms with Gasteiger partial charge in [0.15, 0.2) is 5.82 Å². The Morgan fingerprint density at radius 1 is 0.800 bits per heavy atom. The quantitative estimate of drug-likeness (QED) is 0.284. The van der Waals surface area contributed by atoms with E-state index in [1.165, 1.54) is 0 Å². The summed E-state index contributed by atoms with van der Waals surface area (Å²) in [6, 6.07) is 32.8. The molecule has 168 valence electrons. The molecule has 1 aliphatic heterocycles. The van der Waals surface area contributed by atoms with Crippen molar-refractivity contribution in [3.8, 4) is 40.2 Å². The predicted octanol–water partition coefficient (Wildman–Crippen LogP) is 7.46. The Bertz CT molecular complexity index is 1630. The Kier molecular flexibility index (Phi) is 4.86. The van der Waals surface area contributed by atoms with Crippen LogP contribution in [0, 0.1) is 11.3 Å². The van der Waals surface area contributed by atoms with E-state index in [9.17, 15) is 5.26 Å². The van der Waals surface area contributed by atoms with Crippen LogP contribution < -0.4 is 4.74 Å². The zero-order valence-electron chi connectivity index (χ0n) is 19.6. The molecule has 0 fully saturated rings. The lowest BCUT2D eigenvalue weighted by Crippen LogP contribution is -2.25. The zero-order chi connectivity index (χ0) is 24.0. The first-order valence-electron chi connectivity index (χ1n) is 11.7. The minimum Gasteiger partial charge on any atom is -0.456 e. The van der Waals surface area contributed by atoms with Gasteiger partial charge in [-0.3, -0.25) is 0 Å². The molecular weight excluding hydrogens is 430 g/mol. The fourth-order valence-electron chi connectivity index (χ4n) is 4.97. The van der Waals surface area contributed by atoms with Crippen molar-refractivity contribution in [3.63, 3.8) is 0 Å². The third-order valence-corrected chi connectivity index (χ3v) is 6.79. The van der Waals surface area contributed by atoms with E-state index in [2.05, 4.69) is 44.2 Å². The molecule has 1 aromatic heterocycles. The lowest BCUT2D eigenvalue weighted by molar-refractivity contribution is 0.414. The van der Waals surface area contributed by atoms with Crippen LogP contribution >= 0.6 is 0 Å². The average molecular weight is 454 g/mol. The maximum Gasteiger partial charge on any atom is 0.160 e. The third kappa shape index (κ3) is 3.45. The number of hydrogen-bond acceptors (Lipinski definition) is 4. The Balaban J connectivity index is 1.63. The molecule has 4 nitrogen and oxygen atoms in total. The third-order valence-electron chi connectivity index (χ3n) is 6.79. The van der Waals surface area contributed by atoms with Crippen molar-refractivity contribution in [2.45, 2.75) is 25.7 Å². The minimum atomic E-state index is -0.296. The van der Waals surface area contributed by atoms with Crippen molar-refractivity contribution in [1.82, 2.24) is 9.97 Å². The largest absolute Gasteiger partial charge is 0.456 e. The van der Waals surface area contributed by atoms with Gasteiger partial charge in [-0.05, 0) is 24.3 Å². The van der Waals surface area contributed by atoms with Crippen molar-refractivity contribution < 1.29 is 4.74 Å². The molecular formula is C31H23N3O. The molecule has 1 aliphatic rings. The van der Waals surface area contributed by atoms with Crippen LogP contribution in [0.5, 0.6) is 11.5 Å². The SMILES string of the molecule is CC1(C)c2ccccc2Oc2c(CC#N)cc(-c3nc(-c4ccccc4)nc4ccccc34)cc21. The van der Waals surface area contributed by atoms with Gasteiger partial charge in [-0.1, -0.05) is 80.6 Å². The summed E-state index contributed by atoms with van der Waals surface area (Å²) in [7, 11) is 0. The summed E-state index contributed by atoms with van der Waals surface area (Å²) in [5.74, 6) is 2.30. The van der Waals surface area contributed by atoms with Crippen LogP contribution in [0.3, 0.4) is 0 Å². The lowest BCUT2D eigenvalue weighted by atomic mass is 9.74. The van der Waals surface area contributed by atoms with Gasteiger partial charge >= 0.3 is 0 Å². The van der Waals surface area contributed by atoms with E-state index in [-0.39, 0.29) is 11.8 Å². The number of ether oxygens (including phenoxy) is 1. The highest BCUT2D eigenvalue weighted by Gasteiger charge is 2.36. The molecule has 2 heterocycles. The first kappa shape index (κ1) is 21.1. The van der Waals surface area contributed by atoms with E-state index in [1.54, 1.807) is 0 Å². The number of hydrogen-bond donors (Lipinski definition) is 0. The molecule has 0 bridgehead atoms. The van der Waals surface area contributed by atoms with Gasteiger partial charge in [-0.15, -0.1) is 0 Å². The van der Waals surface area contributed by atoms with Gasteiger partial charge in [0.1, 0.15) is 11.5 Å². The van der Waals surface area contributed by atoms with Crippen LogP contribution in [0.2, 0.25) is 0 Å². The number of fused-ring (bicyclic) bond motifs is 3. The van der Waals surface area contributed by atoms with E-state index in [4.69, 9.17) is 14.7 Å². The molecule has 6 rings (SSSR count). The molecule has 35 heavy (non-hydrogen) atoms. The Labute approximate surface area is 204 Å². The zero-order valence-corrected chi connectivity index (χ0v) is 19.6. The molecule has 5 aromatic rings. The molecule has 0 atom stereocenters. The lowest BCUT2D eigenvalue weighted by Gasteiger charge is -2.35. The van der Waals surface area contributed by atoms with Crippen LogP contribution in [-0.2, 0) is 11.8 Å². The van der Waals surface area contributed by atoms with Crippen molar-refractivity contribution in [2.24, 2.45) is 0 Å².